The molecule has 1 N–H and O–H groups in total. The molecule has 3 nitrogen and oxygen atoms in total. The summed E-state index contributed by atoms with van der Waals surface area (Å²) in [5, 5.41) is 3.25. The Balaban J connectivity index is 1.95. The normalized spacial score (nSPS) is 10.7. The van der Waals surface area contributed by atoms with Crippen molar-refractivity contribution in [2.24, 2.45) is 0 Å². The van der Waals surface area contributed by atoms with Gasteiger partial charge in [-0.05, 0) is 43.8 Å². The van der Waals surface area contributed by atoms with Crippen LogP contribution in [0.5, 0.6) is 5.75 Å². The molecule has 102 valence electrons. The van der Waals surface area contributed by atoms with Crippen molar-refractivity contribution in [1.29, 1.82) is 0 Å². The zero-order chi connectivity index (χ0) is 13.7. The van der Waals surface area contributed by atoms with Crippen molar-refractivity contribution in [3.8, 4) is 5.75 Å². The highest BCUT2D eigenvalue weighted by atomic mass is 79.9. The monoisotopic (exact) mass is 323 g/mol. The fraction of sp³-hybridized carbons (Fsp3) is 0.333. The van der Waals surface area contributed by atoms with E-state index in [4.69, 9.17) is 9.15 Å². The van der Waals surface area contributed by atoms with E-state index >= 15 is 0 Å². The summed E-state index contributed by atoms with van der Waals surface area (Å²) in [7, 11) is 0. The van der Waals surface area contributed by atoms with Crippen molar-refractivity contribution < 1.29 is 9.15 Å². The quantitative estimate of drug-likeness (QED) is 0.871. The first-order valence-corrected chi connectivity index (χ1v) is 7.15. The van der Waals surface area contributed by atoms with Gasteiger partial charge in [0.15, 0.2) is 0 Å². The van der Waals surface area contributed by atoms with Crippen LogP contribution in [0.2, 0.25) is 0 Å². The van der Waals surface area contributed by atoms with Gasteiger partial charge in [-0.1, -0.05) is 22.9 Å². The molecule has 1 aromatic heterocycles. The predicted octanol–water partition coefficient (Wildman–Crippen LogP) is 4.04. The Labute approximate surface area is 122 Å². The number of hydrogen-bond acceptors (Lipinski definition) is 3. The maximum Gasteiger partial charge on any atom is 0.119 e. The van der Waals surface area contributed by atoms with E-state index in [2.05, 4.69) is 34.2 Å². The second-order valence-electron chi connectivity index (χ2n) is 4.32. The first-order chi connectivity index (χ1) is 9.19. The Hall–Kier alpha value is -1.26. The molecule has 0 saturated heterocycles. The van der Waals surface area contributed by atoms with Gasteiger partial charge in [-0.15, -0.1) is 0 Å². The van der Waals surface area contributed by atoms with Gasteiger partial charge in [0.1, 0.15) is 23.9 Å². The van der Waals surface area contributed by atoms with Gasteiger partial charge >= 0.3 is 0 Å². The van der Waals surface area contributed by atoms with E-state index in [1.54, 1.807) is 0 Å². The molecular formula is C15H18BrNO2. The van der Waals surface area contributed by atoms with E-state index < -0.39 is 0 Å². The number of hydrogen-bond donors (Lipinski definition) is 1. The lowest BCUT2D eigenvalue weighted by Crippen LogP contribution is -2.10. The highest BCUT2D eigenvalue weighted by Crippen LogP contribution is 2.20. The van der Waals surface area contributed by atoms with E-state index in [1.165, 1.54) is 0 Å². The second-order valence-corrected chi connectivity index (χ2v) is 5.23. The Bertz CT molecular complexity index is 519. The number of furan rings is 1. The molecule has 0 radical (unpaired) electrons. The zero-order valence-corrected chi connectivity index (χ0v) is 12.8. The molecule has 4 heteroatoms. The summed E-state index contributed by atoms with van der Waals surface area (Å²) in [5.41, 5.74) is 1.09. The first-order valence-electron chi connectivity index (χ1n) is 6.36. The topological polar surface area (TPSA) is 34.4 Å². The van der Waals surface area contributed by atoms with E-state index in [9.17, 15) is 0 Å². The molecule has 0 aliphatic carbocycles. The summed E-state index contributed by atoms with van der Waals surface area (Å²) in [6, 6.07) is 9.87. The number of halogens is 1. The molecular weight excluding hydrogens is 306 g/mol. The summed E-state index contributed by atoms with van der Waals surface area (Å²) in [6.45, 7) is 6.27. The van der Waals surface area contributed by atoms with Gasteiger partial charge in [0.25, 0.3) is 0 Å². The molecule has 0 fully saturated rings. The highest BCUT2D eigenvalue weighted by molar-refractivity contribution is 9.10. The van der Waals surface area contributed by atoms with Gasteiger partial charge in [0.2, 0.25) is 0 Å². The van der Waals surface area contributed by atoms with Gasteiger partial charge in [-0.2, -0.15) is 0 Å². The van der Waals surface area contributed by atoms with Crippen molar-refractivity contribution in [2.45, 2.75) is 27.0 Å². The summed E-state index contributed by atoms with van der Waals surface area (Å²) < 4.78 is 12.5. The van der Waals surface area contributed by atoms with Gasteiger partial charge in [0, 0.05) is 10.0 Å². The minimum atomic E-state index is 0.531. The fourth-order valence-corrected chi connectivity index (χ4v) is 2.02. The molecule has 2 aromatic rings. The highest BCUT2D eigenvalue weighted by Gasteiger charge is 2.07. The average Bonchev–Trinajstić information content (AvgIpc) is 2.76. The van der Waals surface area contributed by atoms with Gasteiger partial charge < -0.3 is 14.5 Å². The van der Waals surface area contributed by atoms with Crippen LogP contribution in [-0.2, 0) is 13.2 Å². The summed E-state index contributed by atoms with van der Waals surface area (Å²) in [4.78, 5) is 0. The van der Waals surface area contributed by atoms with Crippen LogP contribution in [-0.4, -0.2) is 6.54 Å². The van der Waals surface area contributed by atoms with Crippen LogP contribution in [0, 0.1) is 6.92 Å². The third kappa shape index (κ3) is 4.11. The number of benzene rings is 1. The van der Waals surface area contributed by atoms with Crippen molar-refractivity contribution in [3.63, 3.8) is 0 Å². The number of aryl methyl sites for hydroxylation is 1. The molecule has 1 aromatic carbocycles. The third-order valence-electron chi connectivity index (χ3n) is 2.83. The van der Waals surface area contributed by atoms with Crippen molar-refractivity contribution in [2.75, 3.05) is 6.54 Å². The predicted molar refractivity (Wildman–Crippen MR) is 79.3 cm³/mol. The van der Waals surface area contributed by atoms with Crippen molar-refractivity contribution in [1.82, 2.24) is 5.32 Å². The lowest BCUT2D eigenvalue weighted by atomic mass is 10.2. The average molecular weight is 324 g/mol. The largest absolute Gasteiger partial charge is 0.489 e. The molecule has 0 unspecified atom stereocenters. The summed E-state index contributed by atoms with van der Waals surface area (Å²) >= 11 is 3.40. The van der Waals surface area contributed by atoms with Gasteiger partial charge in [0.05, 0.1) is 6.54 Å². The maximum absolute atomic E-state index is 5.74. The minimum Gasteiger partial charge on any atom is -0.489 e. The van der Waals surface area contributed by atoms with Crippen LogP contribution >= 0.6 is 15.9 Å². The Morgan fingerprint density at radius 1 is 1.26 bits per heavy atom. The smallest absolute Gasteiger partial charge is 0.119 e. The van der Waals surface area contributed by atoms with E-state index in [0.717, 1.165) is 40.4 Å². The van der Waals surface area contributed by atoms with E-state index in [-0.39, 0.29) is 0 Å². The molecule has 0 amide bonds. The molecule has 0 aliphatic heterocycles. The van der Waals surface area contributed by atoms with Crippen molar-refractivity contribution >= 4 is 15.9 Å². The Morgan fingerprint density at radius 3 is 2.68 bits per heavy atom. The van der Waals surface area contributed by atoms with E-state index in [1.807, 2.05) is 31.2 Å². The van der Waals surface area contributed by atoms with Crippen LogP contribution < -0.4 is 10.1 Å². The maximum atomic E-state index is 5.74. The number of nitrogens with one attached hydrogen (secondary N) is 1. The SMILES string of the molecule is CCNCc1cc(COc2ccc(Br)cc2)c(C)o1. The number of rotatable bonds is 6. The standard InChI is InChI=1S/C15H18BrNO2/c1-3-17-9-15-8-12(11(2)19-15)10-18-14-6-4-13(16)5-7-14/h4-8,17H,3,9-10H2,1-2H3. The molecule has 0 aliphatic rings. The molecule has 0 bridgehead atoms. The summed E-state index contributed by atoms with van der Waals surface area (Å²) in [5.74, 6) is 2.73. The van der Waals surface area contributed by atoms with Crippen LogP contribution in [0.4, 0.5) is 0 Å². The molecule has 0 spiro atoms. The summed E-state index contributed by atoms with van der Waals surface area (Å²) in [6.07, 6.45) is 0. The van der Waals surface area contributed by atoms with Crippen LogP contribution in [0.1, 0.15) is 24.0 Å². The van der Waals surface area contributed by atoms with Crippen LogP contribution in [0.3, 0.4) is 0 Å². The van der Waals surface area contributed by atoms with Crippen LogP contribution in [0.15, 0.2) is 39.2 Å². The molecule has 2 rings (SSSR count). The second kappa shape index (κ2) is 6.78. The molecule has 0 atom stereocenters. The fourth-order valence-electron chi connectivity index (χ4n) is 1.76. The van der Waals surface area contributed by atoms with E-state index in [0.29, 0.717) is 6.61 Å². The first kappa shape index (κ1) is 14.2. The Morgan fingerprint density at radius 2 is 2.00 bits per heavy atom. The lowest BCUT2D eigenvalue weighted by molar-refractivity contribution is 0.303. The minimum absolute atomic E-state index is 0.531. The number of ether oxygens (including phenoxy) is 1. The molecule has 19 heavy (non-hydrogen) atoms. The van der Waals surface area contributed by atoms with Gasteiger partial charge in [-0.25, -0.2) is 0 Å². The van der Waals surface area contributed by atoms with Crippen molar-refractivity contribution in [3.05, 3.63) is 51.9 Å². The zero-order valence-electron chi connectivity index (χ0n) is 11.2. The molecule has 1 heterocycles. The lowest BCUT2D eigenvalue weighted by Gasteiger charge is -2.04. The van der Waals surface area contributed by atoms with Crippen LogP contribution in [0.25, 0.3) is 0 Å². The third-order valence-corrected chi connectivity index (χ3v) is 3.36. The van der Waals surface area contributed by atoms with Gasteiger partial charge in [-0.3, -0.25) is 0 Å². The Kier molecular flexibility index (Phi) is 5.05. The molecule has 0 saturated carbocycles.